The molecule has 1 unspecified atom stereocenters. The van der Waals surface area contributed by atoms with E-state index in [-0.39, 0.29) is 0 Å². The molecule has 64 valence electrons. The van der Waals surface area contributed by atoms with Crippen LogP contribution in [0.2, 0.25) is 0 Å². The van der Waals surface area contributed by atoms with Crippen LogP contribution in [0.15, 0.2) is 0 Å². The van der Waals surface area contributed by atoms with Gasteiger partial charge < -0.3 is 9.84 Å². The Bertz CT molecular complexity index is 168. The standard InChI is InChI=1S/C5H6F2O4/c1-11-3(5(9)10)2(8)4(6)7/h3-4H,1H3,(H,9,10). The normalized spacial score (nSPS) is 13.1. The molecular formula is C5H6F2O4. The van der Waals surface area contributed by atoms with E-state index in [4.69, 9.17) is 5.11 Å². The molecule has 1 atom stereocenters. The average Bonchev–Trinajstić information content (AvgIpc) is 1.88. The zero-order valence-corrected chi connectivity index (χ0v) is 5.58. The second-order valence-electron chi connectivity index (χ2n) is 1.66. The SMILES string of the molecule is COC(C(=O)O)C(=O)C(F)F. The minimum Gasteiger partial charge on any atom is -0.479 e. The molecule has 0 aromatic carbocycles. The van der Waals surface area contributed by atoms with E-state index >= 15 is 0 Å². The first-order valence-electron chi connectivity index (χ1n) is 2.58. The number of rotatable bonds is 4. The fraction of sp³-hybridized carbons (Fsp3) is 0.600. The predicted molar refractivity (Wildman–Crippen MR) is 29.4 cm³/mol. The van der Waals surface area contributed by atoms with Gasteiger partial charge in [0.05, 0.1) is 0 Å². The first kappa shape index (κ1) is 9.96. The lowest BCUT2D eigenvalue weighted by Crippen LogP contribution is -2.35. The number of ketones is 1. The summed E-state index contributed by atoms with van der Waals surface area (Å²) >= 11 is 0. The Labute approximate surface area is 60.8 Å². The van der Waals surface area contributed by atoms with E-state index < -0.39 is 24.3 Å². The van der Waals surface area contributed by atoms with Gasteiger partial charge >= 0.3 is 5.97 Å². The van der Waals surface area contributed by atoms with Gasteiger partial charge in [0, 0.05) is 7.11 Å². The van der Waals surface area contributed by atoms with Crippen molar-refractivity contribution >= 4 is 11.8 Å². The largest absolute Gasteiger partial charge is 0.479 e. The van der Waals surface area contributed by atoms with Crippen LogP contribution >= 0.6 is 0 Å². The maximum absolute atomic E-state index is 11.5. The molecule has 0 aromatic rings. The summed E-state index contributed by atoms with van der Waals surface area (Å²) in [6.07, 6.45) is -5.37. The number of aliphatic carboxylic acids is 1. The maximum Gasteiger partial charge on any atom is 0.340 e. The van der Waals surface area contributed by atoms with Crippen LogP contribution in [0.1, 0.15) is 0 Å². The van der Waals surface area contributed by atoms with E-state index in [2.05, 4.69) is 4.74 Å². The lowest BCUT2D eigenvalue weighted by atomic mass is 10.2. The molecular weight excluding hydrogens is 162 g/mol. The highest BCUT2D eigenvalue weighted by Gasteiger charge is 2.32. The van der Waals surface area contributed by atoms with Crippen LogP contribution in [0.4, 0.5) is 8.78 Å². The van der Waals surface area contributed by atoms with Gasteiger partial charge in [-0.3, -0.25) is 4.79 Å². The minimum absolute atomic E-state index is 0.874. The van der Waals surface area contributed by atoms with Crippen molar-refractivity contribution in [3.63, 3.8) is 0 Å². The third-order valence-corrected chi connectivity index (χ3v) is 0.933. The Kier molecular flexibility index (Phi) is 3.59. The summed E-state index contributed by atoms with van der Waals surface area (Å²) in [5.41, 5.74) is 0. The number of carboxylic acid groups (broad SMARTS) is 1. The molecule has 6 heteroatoms. The minimum atomic E-state index is -3.31. The first-order chi connectivity index (χ1) is 5.00. The fourth-order valence-corrected chi connectivity index (χ4v) is 0.453. The maximum atomic E-state index is 11.5. The number of carbonyl (C=O) groups excluding carboxylic acids is 1. The summed E-state index contributed by atoms with van der Waals surface area (Å²) in [5, 5.41) is 8.11. The molecule has 11 heavy (non-hydrogen) atoms. The number of halogens is 2. The number of ether oxygens (including phenoxy) is 1. The molecule has 0 aliphatic carbocycles. The second-order valence-corrected chi connectivity index (χ2v) is 1.66. The Hall–Kier alpha value is -1.04. The van der Waals surface area contributed by atoms with Crippen LogP contribution in [0, 0.1) is 0 Å². The fourth-order valence-electron chi connectivity index (χ4n) is 0.453. The lowest BCUT2D eigenvalue weighted by Gasteiger charge is -2.06. The van der Waals surface area contributed by atoms with Crippen LogP contribution in [0.25, 0.3) is 0 Å². The lowest BCUT2D eigenvalue weighted by molar-refractivity contribution is -0.158. The van der Waals surface area contributed by atoms with Gasteiger partial charge in [-0.15, -0.1) is 0 Å². The predicted octanol–water partition coefficient (Wildman–Crippen LogP) is -0.0798. The number of carboxylic acids is 1. The smallest absolute Gasteiger partial charge is 0.340 e. The van der Waals surface area contributed by atoms with Crippen molar-refractivity contribution in [2.45, 2.75) is 12.5 Å². The summed E-state index contributed by atoms with van der Waals surface area (Å²) in [6, 6.07) is 0. The van der Waals surface area contributed by atoms with E-state index in [1.54, 1.807) is 0 Å². The summed E-state index contributed by atoms with van der Waals surface area (Å²) in [4.78, 5) is 20.3. The molecule has 4 nitrogen and oxygen atoms in total. The Morgan fingerprint density at radius 3 is 2.00 bits per heavy atom. The molecule has 0 saturated carbocycles. The zero-order chi connectivity index (χ0) is 9.02. The summed E-state index contributed by atoms with van der Waals surface area (Å²) in [6.45, 7) is 0. The zero-order valence-electron chi connectivity index (χ0n) is 5.58. The van der Waals surface area contributed by atoms with Gasteiger partial charge in [0.1, 0.15) is 0 Å². The number of carbonyl (C=O) groups is 2. The summed E-state index contributed by atoms with van der Waals surface area (Å²) in [5.74, 6) is -3.45. The Morgan fingerprint density at radius 1 is 1.45 bits per heavy atom. The highest BCUT2D eigenvalue weighted by atomic mass is 19.3. The van der Waals surface area contributed by atoms with Gasteiger partial charge in [-0.05, 0) is 0 Å². The Balaban J connectivity index is 4.27. The number of hydrogen-bond acceptors (Lipinski definition) is 3. The summed E-state index contributed by atoms with van der Waals surface area (Å²) < 4.78 is 27.1. The van der Waals surface area contributed by atoms with E-state index in [1.165, 1.54) is 0 Å². The molecule has 0 spiro atoms. The highest BCUT2D eigenvalue weighted by molar-refractivity contribution is 6.02. The quantitative estimate of drug-likeness (QED) is 0.596. The molecule has 0 bridgehead atoms. The van der Waals surface area contributed by atoms with Gasteiger partial charge in [-0.1, -0.05) is 0 Å². The van der Waals surface area contributed by atoms with Crippen molar-refractivity contribution in [1.29, 1.82) is 0 Å². The molecule has 0 aliphatic heterocycles. The third-order valence-electron chi connectivity index (χ3n) is 0.933. The molecule has 0 amide bonds. The molecule has 0 rings (SSSR count). The summed E-state index contributed by atoms with van der Waals surface area (Å²) in [7, 11) is 0.874. The third kappa shape index (κ3) is 2.58. The molecule has 0 heterocycles. The number of Topliss-reactive ketones (excluding diaryl/α,β-unsaturated/α-hetero) is 1. The van der Waals surface area contributed by atoms with Crippen LogP contribution in [0.5, 0.6) is 0 Å². The second kappa shape index (κ2) is 3.97. The van der Waals surface area contributed by atoms with Crippen molar-refractivity contribution in [2.24, 2.45) is 0 Å². The van der Waals surface area contributed by atoms with E-state index in [0.29, 0.717) is 0 Å². The van der Waals surface area contributed by atoms with Gasteiger partial charge in [0.25, 0.3) is 6.43 Å². The molecule has 0 aromatic heterocycles. The van der Waals surface area contributed by atoms with Crippen LogP contribution in [-0.4, -0.2) is 36.5 Å². The van der Waals surface area contributed by atoms with Crippen molar-refractivity contribution in [1.82, 2.24) is 0 Å². The molecule has 0 radical (unpaired) electrons. The van der Waals surface area contributed by atoms with Crippen molar-refractivity contribution in [3.8, 4) is 0 Å². The molecule has 1 N–H and O–H groups in total. The van der Waals surface area contributed by atoms with Crippen LogP contribution in [0.3, 0.4) is 0 Å². The molecule has 0 saturated heterocycles. The van der Waals surface area contributed by atoms with Crippen LogP contribution in [-0.2, 0) is 14.3 Å². The Morgan fingerprint density at radius 2 is 1.91 bits per heavy atom. The number of alkyl halides is 2. The van der Waals surface area contributed by atoms with Crippen LogP contribution < -0.4 is 0 Å². The van der Waals surface area contributed by atoms with Gasteiger partial charge in [0.2, 0.25) is 11.9 Å². The topological polar surface area (TPSA) is 63.6 Å². The van der Waals surface area contributed by atoms with Crippen molar-refractivity contribution in [2.75, 3.05) is 7.11 Å². The van der Waals surface area contributed by atoms with Crippen molar-refractivity contribution in [3.05, 3.63) is 0 Å². The highest BCUT2D eigenvalue weighted by Crippen LogP contribution is 2.02. The molecule has 0 fully saturated rings. The van der Waals surface area contributed by atoms with E-state index in [1.807, 2.05) is 0 Å². The number of hydrogen-bond donors (Lipinski definition) is 1. The van der Waals surface area contributed by atoms with Gasteiger partial charge in [0.15, 0.2) is 0 Å². The van der Waals surface area contributed by atoms with E-state index in [0.717, 1.165) is 7.11 Å². The van der Waals surface area contributed by atoms with Crippen molar-refractivity contribution < 1.29 is 28.2 Å². The van der Waals surface area contributed by atoms with E-state index in [9.17, 15) is 18.4 Å². The first-order valence-corrected chi connectivity index (χ1v) is 2.58. The van der Waals surface area contributed by atoms with Gasteiger partial charge in [-0.2, -0.15) is 0 Å². The average molecular weight is 168 g/mol. The number of methoxy groups -OCH3 is 1. The van der Waals surface area contributed by atoms with Gasteiger partial charge in [-0.25, -0.2) is 13.6 Å². The monoisotopic (exact) mass is 168 g/mol. The molecule has 0 aliphatic rings.